The van der Waals surface area contributed by atoms with E-state index in [0.717, 1.165) is 24.2 Å². The second kappa shape index (κ2) is 10.8. The Morgan fingerprint density at radius 1 is 1.03 bits per heavy atom. The van der Waals surface area contributed by atoms with Crippen LogP contribution in [-0.4, -0.2) is 36.1 Å². The lowest BCUT2D eigenvalue weighted by molar-refractivity contribution is -0.122. The molecule has 3 aromatic carbocycles. The Bertz CT molecular complexity index is 1160. The Hall–Kier alpha value is -3.22. The summed E-state index contributed by atoms with van der Waals surface area (Å²) < 4.78 is 0. The molecule has 8 heteroatoms. The van der Waals surface area contributed by atoms with Gasteiger partial charge >= 0.3 is 0 Å². The maximum absolute atomic E-state index is 12.9. The van der Waals surface area contributed by atoms with E-state index >= 15 is 0 Å². The molecule has 3 N–H and O–H groups in total. The smallest absolute Gasteiger partial charge is 0.251 e. The summed E-state index contributed by atoms with van der Waals surface area (Å²) in [6.45, 7) is 1.41. The highest BCUT2D eigenvalue weighted by atomic mass is 35.5. The van der Waals surface area contributed by atoms with E-state index in [4.69, 9.17) is 23.2 Å². The van der Waals surface area contributed by atoms with Crippen molar-refractivity contribution in [2.24, 2.45) is 0 Å². The van der Waals surface area contributed by atoms with Gasteiger partial charge in [-0.25, -0.2) is 0 Å². The minimum atomic E-state index is -0.495. The lowest BCUT2D eigenvalue weighted by Crippen LogP contribution is -2.40. The second-order valence-corrected chi connectivity index (χ2v) is 9.13. The summed E-state index contributed by atoms with van der Waals surface area (Å²) in [6, 6.07) is 20.3. The van der Waals surface area contributed by atoms with Crippen LogP contribution in [0.1, 0.15) is 34.8 Å². The van der Waals surface area contributed by atoms with Crippen molar-refractivity contribution >= 4 is 40.7 Å². The third-order valence-corrected chi connectivity index (χ3v) is 6.37. The summed E-state index contributed by atoms with van der Waals surface area (Å²) in [7, 11) is 0. The summed E-state index contributed by atoms with van der Waals surface area (Å²) >= 11 is 12.3. The number of nitrogens with one attached hydrogen (secondary N) is 2. The SMILES string of the molecule is O=C(CC(NC(=O)c1ccc(O)cc1)c1ccccc1)NC1CCN(c2ccc(Cl)cc2Cl)C1. The van der Waals surface area contributed by atoms with E-state index in [0.29, 0.717) is 22.2 Å². The molecule has 0 aromatic heterocycles. The number of rotatable bonds is 7. The zero-order valence-electron chi connectivity index (χ0n) is 18.4. The van der Waals surface area contributed by atoms with Gasteiger partial charge in [-0.1, -0.05) is 53.5 Å². The van der Waals surface area contributed by atoms with Crippen LogP contribution in [0.25, 0.3) is 0 Å². The molecule has 0 saturated carbocycles. The van der Waals surface area contributed by atoms with Gasteiger partial charge < -0.3 is 20.6 Å². The van der Waals surface area contributed by atoms with Crippen molar-refractivity contribution in [3.8, 4) is 5.75 Å². The largest absolute Gasteiger partial charge is 0.508 e. The number of amides is 2. The number of halogens is 2. The highest BCUT2D eigenvalue weighted by Crippen LogP contribution is 2.31. The van der Waals surface area contributed by atoms with E-state index in [2.05, 4.69) is 15.5 Å². The number of nitrogens with zero attached hydrogens (tertiary/aromatic N) is 1. The molecule has 4 rings (SSSR count). The molecule has 0 bridgehead atoms. The fraction of sp³-hybridized carbons (Fsp3) is 0.231. The van der Waals surface area contributed by atoms with E-state index in [9.17, 15) is 14.7 Å². The van der Waals surface area contributed by atoms with E-state index in [1.54, 1.807) is 24.3 Å². The Morgan fingerprint density at radius 2 is 1.76 bits per heavy atom. The number of aromatic hydroxyl groups is 1. The van der Waals surface area contributed by atoms with Crippen LogP contribution >= 0.6 is 23.2 Å². The maximum atomic E-state index is 12.9. The first-order valence-corrected chi connectivity index (χ1v) is 11.8. The summed E-state index contributed by atoms with van der Waals surface area (Å²) in [5.41, 5.74) is 2.14. The van der Waals surface area contributed by atoms with Crippen LogP contribution in [0.5, 0.6) is 5.75 Å². The molecule has 1 saturated heterocycles. The highest BCUT2D eigenvalue weighted by molar-refractivity contribution is 6.36. The Kier molecular flexibility index (Phi) is 7.60. The van der Waals surface area contributed by atoms with Crippen LogP contribution in [0.2, 0.25) is 10.0 Å². The van der Waals surface area contributed by atoms with Crippen LogP contribution in [0.15, 0.2) is 72.8 Å². The zero-order chi connectivity index (χ0) is 24.1. The number of carbonyl (C=O) groups excluding carboxylic acids is 2. The molecule has 2 amide bonds. The van der Waals surface area contributed by atoms with Gasteiger partial charge in [0.05, 0.1) is 23.2 Å². The summed E-state index contributed by atoms with van der Waals surface area (Å²) in [5, 5.41) is 16.7. The lowest BCUT2D eigenvalue weighted by Gasteiger charge is -2.22. The predicted octanol–water partition coefficient (Wildman–Crippen LogP) is 4.96. The quantitative estimate of drug-likeness (QED) is 0.431. The van der Waals surface area contributed by atoms with Crippen LogP contribution in [-0.2, 0) is 4.79 Å². The third-order valence-electron chi connectivity index (χ3n) is 5.83. The molecule has 1 heterocycles. The Balaban J connectivity index is 1.40. The first kappa shape index (κ1) is 23.9. The molecule has 1 fully saturated rings. The van der Waals surface area contributed by atoms with Gasteiger partial charge in [-0.15, -0.1) is 0 Å². The number of benzene rings is 3. The normalized spacial score (nSPS) is 16.2. The molecule has 2 unspecified atom stereocenters. The van der Waals surface area contributed by atoms with E-state index in [-0.39, 0.29) is 30.0 Å². The Labute approximate surface area is 208 Å². The van der Waals surface area contributed by atoms with Crippen molar-refractivity contribution < 1.29 is 14.7 Å². The van der Waals surface area contributed by atoms with Gasteiger partial charge in [-0.2, -0.15) is 0 Å². The number of anilines is 1. The van der Waals surface area contributed by atoms with Gasteiger partial charge in [-0.05, 0) is 54.4 Å². The van der Waals surface area contributed by atoms with Crippen molar-refractivity contribution in [3.05, 3.63) is 94.0 Å². The van der Waals surface area contributed by atoms with Gasteiger partial charge in [0.1, 0.15) is 5.75 Å². The minimum Gasteiger partial charge on any atom is -0.508 e. The average molecular weight is 498 g/mol. The minimum absolute atomic E-state index is 0.0246. The molecule has 1 aliphatic rings. The number of phenolic OH excluding ortho intramolecular Hbond substituents is 1. The van der Waals surface area contributed by atoms with E-state index < -0.39 is 6.04 Å². The van der Waals surface area contributed by atoms with E-state index in [1.807, 2.05) is 36.4 Å². The molecule has 6 nitrogen and oxygen atoms in total. The predicted molar refractivity (Wildman–Crippen MR) is 135 cm³/mol. The molecule has 34 heavy (non-hydrogen) atoms. The highest BCUT2D eigenvalue weighted by Gasteiger charge is 2.27. The number of phenols is 1. The zero-order valence-corrected chi connectivity index (χ0v) is 19.9. The van der Waals surface area contributed by atoms with Crippen LogP contribution in [0, 0.1) is 0 Å². The summed E-state index contributed by atoms with van der Waals surface area (Å²) in [5.74, 6) is -0.374. The summed E-state index contributed by atoms with van der Waals surface area (Å²) in [6.07, 6.45) is 0.895. The maximum Gasteiger partial charge on any atom is 0.251 e. The first-order chi connectivity index (χ1) is 16.4. The number of hydrogen-bond donors (Lipinski definition) is 3. The van der Waals surface area contributed by atoms with Crippen molar-refractivity contribution in [3.63, 3.8) is 0 Å². The fourth-order valence-corrected chi connectivity index (χ4v) is 4.63. The molecule has 2 atom stereocenters. The number of carbonyl (C=O) groups is 2. The van der Waals surface area contributed by atoms with E-state index in [1.165, 1.54) is 12.1 Å². The van der Waals surface area contributed by atoms with Crippen LogP contribution in [0.4, 0.5) is 5.69 Å². The van der Waals surface area contributed by atoms with Crippen molar-refractivity contribution in [2.45, 2.75) is 24.9 Å². The number of hydrogen-bond acceptors (Lipinski definition) is 4. The van der Waals surface area contributed by atoms with Gasteiger partial charge in [0.15, 0.2) is 0 Å². The summed E-state index contributed by atoms with van der Waals surface area (Å²) in [4.78, 5) is 27.8. The van der Waals surface area contributed by atoms with Crippen molar-refractivity contribution in [2.75, 3.05) is 18.0 Å². The van der Waals surface area contributed by atoms with Gasteiger partial charge in [0, 0.05) is 29.7 Å². The molecule has 0 radical (unpaired) electrons. The van der Waals surface area contributed by atoms with Crippen LogP contribution < -0.4 is 15.5 Å². The second-order valence-electron chi connectivity index (χ2n) is 8.28. The monoisotopic (exact) mass is 497 g/mol. The van der Waals surface area contributed by atoms with Crippen LogP contribution in [0.3, 0.4) is 0 Å². The standard InChI is InChI=1S/C26H25Cl2N3O3/c27-19-8-11-24(22(28)14-19)31-13-12-20(16-31)29-25(33)15-23(17-4-2-1-3-5-17)30-26(34)18-6-9-21(32)10-7-18/h1-11,14,20,23,32H,12-13,15-16H2,(H,29,33)(H,30,34). The molecule has 1 aliphatic heterocycles. The van der Waals surface area contributed by atoms with Crippen molar-refractivity contribution in [1.82, 2.24) is 10.6 Å². The first-order valence-electron chi connectivity index (χ1n) is 11.0. The average Bonchev–Trinajstić information content (AvgIpc) is 3.27. The molecular weight excluding hydrogens is 473 g/mol. The molecular formula is C26H25Cl2N3O3. The van der Waals surface area contributed by atoms with Gasteiger partial charge in [0.25, 0.3) is 5.91 Å². The molecule has 0 spiro atoms. The lowest BCUT2D eigenvalue weighted by atomic mass is 10.0. The third kappa shape index (κ3) is 6.01. The molecule has 0 aliphatic carbocycles. The topological polar surface area (TPSA) is 81.7 Å². The molecule has 176 valence electrons. The van der Waals surface area contributed by atoms with Gasteiger partial charge in [-0.3, -0.25) is 9.59 Å². The van der Waals surface area contributed by atoms with Crippen molar-refractivity contribution in [1.29, 1.82) is 0 Å². The fourth-order valence-electron chi connectivity index (χ4n) is 4.10. The van der Waals surface area contributed by atoms with Gasteiger partial charge in [0.2, 0.25) is 5.91 Å². The molecule has 3 aromatic rings. The Morgan fingerprint density at radius 3 is 2.47 bits per heavy atom.